The molecule has 33 heavy (non-hydrogen) atoms. The van der Waals surface area contributed by atoms with Gasteiger partial charge in [0.05, 0.1) is 0 Å². The van der Waals surface area contributed by atoms with Crippen LogP contribution in [0, 0.1) is 0 Å². The molecule has 3 aromatic rings. The number of aromatic nitrogens is 2. The molecule has 0 aliphatic rings. The molecule has 1 heterocycles. The Hall–Kier alpha value is -4.35. The van der Waals surface area contributed by atoms with E-state index in [0.29, 0.717) is 11.3 Å². The van der Waals surface area contributed by atoms with Crippen LogP contribution in [0.25, 0.3) is 11.4 Å². The Labute approximate surface area is 185 Å². The zero-order valence-corrected chi connectivity index (χ0v) is 17.0. The molecule has 0 unspecified atom stereocenters. The van der Waals surface area contributed by atoms with Gasteiger partial charge in [0.25, 0.3) is 11.8 Å². The Morgan fingerprint density at radius 1 is 0.909 bits per heavy atom. The highest BCUT2D eigenvalue weighted by Gasteiger charge is 2.31. The van der Waals surface area contributed by atoms with Gasteiger partial charge in [0.1, 0.15) is 22.9 Å². The summed E-state index contributed by atoms with van der Waals surface area (Å²) in [5.41, 5.74) is 10.8. The van der Waals surface area contributed by atoms with Crippen LogP contribution in [0.1, 0.15) is 17.4 Å². The number of hydrogen-bond acceptors (Lipinski definition) is 7. The fourth-order valence-electron chi connectivity index (χ4n) is 2.50. The van der Waals surface area contributed by atoms with Gasteiger partial charge in [-0.15, -0.1) is 13.2 Å². The number of ether oxygens (including phenoxy) is 3. The number of hydrogen-bond donors (Lipinski definition) is 2. The molecular formula is C21H17F3N4O5. The summed E-state index contributed by atoms with van der Waals surface area (Å²) in [5.74, 6) is -1.25. The number of halogens is 3. The van der Waals surface area contributed by atoms with Crippen LogP contribution in [-0.2, 0) is 4.79 Å². The summed E-state index contributed by atoms with van der Waals surface area (Å²) in [6.07, 6.45) is -5.79. The van der Waals surface area contributed by atoms with Crippen molar-refractivity contribution in [2.75, 3.05) is 0 Å². The van der Waals surface area contributed by atoms with Gasteiger partial charge in [0.2, 0.25) is 5.88 Å². The molecule has 0 aliphatic heterocycles. The summed E-state index contributed by atoms with van der Waals surface area (Å²) < 4.78 is 51.5. The van der Waals surface area contributed by atoms with Crippen molar-refractivity contribution in [2.24, 2.45) is 11.5 Å². The first-order chi connectivity index (χ1) is 15.5. The van der Waals surface area contributed by atoms with Crippen molar-refractivity contribution >= 4 is 11.8 Å². The zero-order chi connectivity index (χ0) is 24.2. The van der Waals surface area contributed by atoms with Crippen molar-refractivity contribution in [1.82, 2.24) is 9.97 Å². The molecular weight excluding hydrogens is 445 g/mol. The molecule has 0 saturated heterocycles. The molecule has 0 aliphatic carbocycles. The van der Waals surface area contributed by atoms with Crippen molar-refractivity contribution in [2.45, 2.75) is 19.4 Å². The Morgan fingerprint density at radius 3 is 1.97 bits per heavy atom. The maximum Gasteiger partial charge on any atom is 0.573 e. The van der Waals surface area contributed by atoms with Crippen molar-refractivity contribution in [3.8, 4) is 34.5 Å². The summed E-state index contributed by atoms with van der Waals surface area (Å²) >= 11 is 0. The Morgan fingerprint density at radius 2 is 1.45 bits per heavy atom. The largest absolute Gasteiger partial charge is 0.573 e. The molecule has 172 valence electrons. The normalized spacial score (nSPS) is 12.0. The van der Waals surface area contributed by atoms with Crippen LogP contribution < -0.4 is 25.7 Å². The number of amides is 2. The summed E-state index contributed by atoms with van der Waals surface area (Å²) in [6.45, 7) is 1.42. The van der Waals surface area contributed by atoms with Crippen LogP contribution in [0.5, 0.6) is 23.1 Å². The third-order valence-corrected chi connectivity index (χ3v) is 4.06. The number of rotatable bonds is 8. The number of nitrogens with two attached hydrogens (primary N) is 2. The SMILES string of the molecule is C[C@H](Oc1cc(C(N)=O)nc(-c2ccc(Oc3ccc(OC(F)(F)F)cc3)cc2)n1)C(N)=O. The fourth-order valence-corrected chi connectivity index (χ4v) is 2.50. The van der Waals surface area contributed by atoms with Gasteiger partial charge >= 0.3 is 6.36 Å². The lowest BCUT2D eigenvalue weighted by molar-refractivity contribution is -0.274. The van der Waals surface area contributed by atoms with Gasteiger partial charge in [-0.25, -0.2) is 4.98 Å². The molecule has 0 saturated carbocycles. The van der Waals surface area contributed by atoms with Gasteiger partial charge in [-0.3, -0.25) is 9.59 Å². The average Bonchev–Trinajstić information content (AvgIpc) is 2.74. The van der Waals surface area contributed by atoms with E-state index in [9.17, 15) is 22.8 Å². The van der Waals surface area contributed by atoms with Crippen LogP contribution >= 0.6 is 0 Å². The lowest BCUT2D eigenvalue weighted by atomic mass is 10.2. The average molecular weight is 462 g/mol. The molecule has 0 fully saturated rings. The molecule has 0 radical (unpaired) electrons. The van der Waals surface area contributed by atoms with Gasteiger partial charge in [-0.1, -0.05) is 0 Å². The predicted octanol–water partition coefficient (Wildman–Crippen LogP) is 3.19. The van der Waals surface area contributed by atoms with Gasteiger partial charge in [0.15, 0.2) is 11.9 Å². The Kier molecular flexibility index (Phi) is 6.66. The lowest BCUT2D eigenvalue weighted by Crippen LogP contribution is -2.31. The molecule has 1 aromatic heterocycles. The first-order valence-corrected chi connectivity index (χ1v) is 9.29. The Balaban J connectivity index is 1.78. The van der Waals surface area contributed by atoms with E-state index in [1.165, 1.54) is 25.1 Å². The van der Waals surface area contributed by atoms with Crippen LogP contribution in [0.2, 0.25) is 0 Å². The zero-order valence-electron chi connectivity index (χ0n) is 17.0. The first kappa shape index (κ1) is 23.3. The van der Waals surface area contributed by atoms with Crippen molar-refractivity contribution < 1.29 is 37.0 Å². The topological polar surface area (TPSA) is 140 Å². The smallest absolute Gasteiger partial charge is 0.464 e. The van der Waals surface area contributed by atoms with E-state index in [2.05, 4.69) is 14.7 Å². The van der Waals surface area contributed by atoms with Gasteiger partial charge in [-0.2, -0.15) is 4.98 Å². The third-order valence-electron chi connectivity index (χ3n) is 4.06. The van der Waals surface area contributed by atoms with Crippen LogP contribution in [0.4, 0.5) is 13.2 Å². The van der Waals surface area contributed by atoms with Crippen molar-refractivity contribution in [3.05, 3.63) is 60.3 Å². The molecule has 12 heteroatoms. The van der Waals surface area contributed by atoms with E-state index >= 15 is 0 Å². The number of alkyl halides is 3. The van der Waals surface area contributed by atoms with E-state index in [1.54, 1.807) is 24.3 Å². The standard InChI is InChI=1S/C21H17F3N4O5/c1-11(18(25)29)31-17-10-16(19(26)30)27-20(28-17)12-2-4-13(5-3-12)32-14-6-8-15(9-7-14)33-21(22,23)24/h2-11H,1H3,(H2,25,29)(H2,26,30)/t11-/m0/s1. The number of carbonyl (C=O) groups is 2. The highest BCUT2D eigenvalue weighted by Crippen LogP contribution is 2.29. The maximum absolute atomic E-state index is 12.2. The quantitative estimate of drug-likeness (QED) is 0.524. The van der Waals surface area contributed by atoms with Crippen LogP contribution in [-0.4, -0.2) is 34.2 Å². The number of benzene rings is 2. The number of carbonyl (C=O) groups excluding carboxylic acids is 2. The summed E-state index contributed by atoms with van der Waals surface area (Å²) in [6, 6.07) is 12.3. The molecule has 2 aromatic carbocycles. The molecule has 0 spiro atoms. The highest BCUT2D eigenvalue weighted by molar-refractivity contribution is 5.91. The minimum absolute atomic E-state index is 0.0680. The summed E-state index contributed by atoms with van der Waals surface area (Å²) in [5, 5.41) is 0. The van der Waals surface area contributed by atoms with E-state index in [0.717, 1.165) is 12.1 Å². The van der Waals surface area contributed by atoms with E-state index < -0.39 is 24.3 Å². The van der Waals surface area contributed by atoms with Crippen LogP contribution in [0.3, 0.4) is 0 Å². The van der Waals surface area contributed by atoms with E-state index in [4.69, 9.17) is 20.9 Å². The van der Waals surface area contributed by atoms with Crippen molar-refractivity contribution in [1.29, 1.82) is 0 Å². The molecule has 4 N–H and O–H groups in total. The van der Waals surface area contributed by atoms with Crippen molar-refractivity contribution in [3.63, 3.8) is 0 Å². The maximum atomic E-state index is 12.2. The van der Waals surface area contributed by atoms with Gasteiger partial charge < -0.3 is 25.7 Å². The summed E-state index contributed by atoms with van der Waals surface area (Å²) in [4.78, 5) is 31.1. The molecule has 9 nitrogen and oxygen atoms in total. The summed E-state index contributed by atoms with van der Waals surface area (Å²) in [7, 11) is 0. The fraction of sp³-hybridized carbons (Fsp3) is 0.143. The molecule has 0 bridgehead atoms. The first-order valence-electron chi connectivity index (χ1n) is 9.29. The lowest BCUT2D eigenvalue weighted by Gasteiger charge is -2.12. The van der Waals surface area contributed by atoms with Crippen LogP contribution in [0.15, 0.2) is 54.6 Å². The third kappa shape index (κ3) is 6.56. The monoisotopic (exact) mass is 462 g/mol. The minimum atomic E-state index is -4.78. The molecule has 3 rings (SSSR count). The molecule has 1 atom stereocenters. The van der Waals surface area contributed by atoms with Gasteiger partial charge in [-0.05, 0) is 55.5 Å². The Bertz CT molecular complexity index is 1150. The number of primary amides is 2. The highest BCUT2D eigenvalue weighted by atomic mass is 19.4. The minimum Gasteiger partial charge on any atom is -0.464 e. The number of nitrogens with zero attached hydrogens (tertiary/aromatic N) is 2. The van der Waals surface area contributed by atoms with E-state index in [1.807, 2.05) is 0 Å². The predicted molar refractivity (Wildman–Crippen MR) is 108 cm³/mol. The van der Waals surface area contributed by atoms with E-state index in [-0.39, 0.29) is 28.9 Å². The second-order valence-electron chi connectivity index (χ2n) is 6.59. The molecule has 2 amide bonds. The second-order valence-corrected chi connectivity index (χ2v) is 6.59. The van der Waals surface area contributed by atoms with Gasteiger partial charge in [0, 0.05) is 11.6 Å². The second kappa shape index (κ2) is 9.42.